The molecule has 0 amide bonds. The molecule has 44 heavy (non-hydrogen) atoms. The lowest BCUT2D eigenvalue weighted by Gasteiger charge is -2.37. The highest BCUT2D eigenvalue weighted by Crippen LogP contribution is 2.46. The molecule has 1 aromatic carbocycles. The molecule has 0 radical (unpaired) electrons. The fraction of sp³-hybridized carbons (Fsp3) is 0.452. The van der Waals surface area contributed by atoms with Crippen LogP contribution in [0.1, 0.15) is 72.9 Å². The van der Waals surface area contributed by atoms with E-state index in [1.807, 2.05) is 38.1 Å². The lowest BCUT2D eigenvalue weighted by atomic mass is 10.0. The van der Waals surface area contributed by atoms with Gasteiger partial charge in [0.25, 0.3) is 0 Å². The Hall–Kier alpha value is -4.10. The smallest absolute Gasteiger partial charge is 0.434 e. The molecule has 4 aromatic rings. The molecule has 1 saturated heterocycles. The van der Waals surface area contributed by atoms with Crippen LogP contribution in [0.15, 0.2) is 36.8 Å². The van der Waals surface area contributed by atoms with E-state index in [0.717, 1.165) is 47.4 Å². The number of aromatic nitrogens is 6. The monoisotopic (exact) mass is 607 g/mol. The highest BCUT2D eigenvalue weighted by atomic mass is 19.4. The van der Waals surface area contributed by atoms with Crippen LogP contribution in [0.3, 0.4) is 0 Å². The molecule has 0 spiro atoms. The van der Waals surface area contributed by atoms with Crippen LogP contribution in [-0.4, -0.2) is 56.4 Å². The first-order valence-electron chi connectivity index (χ1n) is 14.7. The molecule has 1 unspecified atom stereocenters. The number of fused-ring (bicyclic) bond motifs is 1. The Balaban J connectivity index is 1.27. The van der Waals surface area contributed by atoms with Gasteiger partial charge in [0.15, 0.2) is 11.5 Å². The van der Waals surface area contributed by atoms with E-state index in [-0.39, 0.29) is 17.9 Å². The molecule has 2 aliphatic heterocycles. The van der Waals surface area contributed by atoms with Crippen LogP contribution >= 0.6 is 0 Å². The van der Waals surface area contributed by atoms with Crippen molar-refractivity contribution in [3.63, 3.8) is 0 Å². The minimum absolute atomic E-state index is 0.194. The van der Waals surface area contributed by atoms with Crippen LogP contribution in [-0.2, 0) is 28.9 Å². The van der Waals surface area contributed by atoms with E-state index < -0.39 is 11.9 Å². The Labute approximate surface area is 252 Å². The van der Waals surface area contributed by atoms with E-state index >= 15 is 0 Å². The summed E-state index contributed by atoms with van der Waals surface area (Å²) in [5.41, 5.74) is 3.99. The number of methoxy groups -OCH3 is 1. The van der Waals surface area contributed by atoms with Gasteiger partial charge in [-0.3, -0.25) is 0 Å². The summed E-state index contributed by atoms with van der Waals surface area (Å²) >= 11 is 0. The van der Waals surface area contributed by atoms with Crippen LogP contribution < -0.4 is 9.64 Å². The van der Waals surface area contributed by atoms with Crippen molar-refractivity contribution in [2.75, 3.05) is 31.8 Å². The standard InChI is InChI=1S/C31H32F3N7O3/c1-17(2)41-12-24(31(32,33)34)38-28(41)20-8-4-18(5-9-20)23-15-43-11-10-40(23)29-21-13-44-14-22(21)37-27(39-29)25-26(19-6-7-19)35-16-36-30(25)42-3/h4-5,8-9,12,16-17,19,23H,6-7,10-11,13-15H2,1-3H3. The first kappa shape index (κ1) is 28.7. The van der Waals surface area contributed by atoms with Gasteiger partial charge in [0.2, 0.25) is 5.88 Å². The van der Waals surface area contributed by atoms with Crippen LogP contribution in [0.2, 0.25) is 0 Å². The van der Waals surface area contributed by atoms with E-state index in [1.54, 1.807) is 11.7 Å². The van der Waals surface area contributed by atoms with Crippen molar-refractivity contribution in [1.29, 1.82) is 0 Å². The van der Waals surface area contributed by atoms with Gasteiger partial charge >= 0.3 is 6.18 Å². The normalized spacial score (nSPS) is 18.6. The van der Waals surface area contributed by atoms with Crippen LogP contribution in [0.5, 0.6) is 5.88 Å². The topological polar surface area (TPSA) is 100 Å². The van der Waals surface area contributed by atoms with Crippen molar-refractivity contribution in [2.45, 2.75) is 64.1 Å². The molecular formula is C31H32F3N7O3. The van der Waals surface area contributed by atoms with E-state index in [9.17, 15) is 13.2 Å². The van der Waals surface area contributed by atoms with Crippen LogP contribution in [0, 0.1) is 0 Å². The third kappa shape index (κ3) is 5.17. The minimum atomic E-state index is -4.52. The third-order valence-corrected chi connectivity index (χ3v) is 8.31. The van der Waals surface area contributed by atoms with E-state index in [0.29, 0.717) is 61.7 Å². The number of hydrogen-bond donors (Lipinski definition) is 0. The maximum absolute atomic E-state index is 13.5. The Morgan fingerprint density at radius 3 is 2.50 bits per heavy atom. The summed E-state index contributed by atoms with van der Waals surface area (Å²) < 4.78 is 59.4. The zero-order valence-electron chi connectivity index (χ0n) is 24.6. The summed E-state index contributed by atoms with van der Waals surface area (Å²) in [5, 5.41) is 0. The number of ether oxygens (including phenoxy) is 3. The zero-order valence-corrected chi connectivity index (χ0v) is 24.6. The molecule has 2 fully saturated rings. The van der Waals surface area contributed by atoms with Crippen molar-refractivity contribution in [1.82, 2.24) is 29.5 Å². The Bertz CT molecular complexity index is 1690. The van der Waals surface area contributed by atoms with Crippen molar-refractivity contribution in [3.8, 4) is 28.7 Å². The summed E-state index contributed by atoms with van der Waals surface area (Å²) in [6, 6.07) is 7.09. The van der Waals surface area contributed by atoms with Gasteiger partial charge in [0.1, 0.15) is 23.5 Å². The number of rotatable bonds is 7. The number of alkyl halides is 3. The lowest BCUT2D eigenvalue weighted by molar-refractivity contribution is -0.140. The largest absolute Gasteiger partial charge is 0.480 e. The Kier molecular flexibility index (Phi) is 7.24. The first-order valence-corrected chi connectivity index (χ1v) is 14.7. The molecule has 230 valence electrons. The summed E-state index contributed by atoms with van der Waals surface area (Å²) in [5.74, 6) is 2.31. The second-order valence-electron chi connectivity index (χ2n) is 11.6. The molecular weight excluding hydrogens is 575 g/mol. The number of anilines is 1. The number of hydrogen-bond acceptors (Lipinski definition) is 9. The van der Waals surface area contributed by atoms with Gasteiger partial charge in [-0.05, 0) is 32.3 Å². The summed E-state index contributed by atoms with van der Waals surface area (Å²) in [6.45, 7) is 5.95. The summed E-state index contributed by atoms with van der Waals surface area (Å²) in [6.07, 6.45) is 0.160. The van der Waals surface area contributed by atoms with E-state index in [4.69, 9.17) is 24.2 Å². The Morgan fingerprint density at radius 1 is 1.00 bits per heavy atom. The maximum atomic E-state index is 13.5. The predicted octanol–water partition coefficient (Wildman–Crippen LogP) is 5.89. The van der Waals surface area contributed by atoms with Crippen LogP contribution in [0.4, 0.5) is 19.0 Å². The molecule has 1 aliphatic carbocycles. The van der Waals surface area contributed by atoms with Gasteiger partial charge in [-0.25, -0.2) is 24.9 Å². The van der Waals surface area contributed by atoms with Crippen molar-refractivity contribution >= 4 is 5.82 Å². The quantitative estimate of drug-likeness (QED) is 0.255. The van der Waals surface area contributed by atoms with Gasteiger partial charge in [-0.1, -0.05) is 24.3 Å². The highest BCUT2D eigenvalue weighted by Gasteiger charge is 2.37. The second kappa shape index (κ2) is 11.1. The molecule has 1 atom stereocenters. The Morgan fingerprint density at radius 2 is 1.80 bits per heavy atom. The summed E-state index contributed by atoms with van der Waals surface area (Å²) in [4.78, 5) is 25.1. The summed E-state index contributed by atoms with van der Waals surface area (Å²) in [7, 11) is 1.58. The third-order valence-electron chi connectivity index (χ3n) is 8.31. The molecule has 3 aliphatic rings. The average Bonchev–Trinajstić information content (AvgIpc) is 3.57. The SMILES string of the molecule is COc1ncnc(C2CC2)c1-c1nc2c(c(N3CCOCC3c3ccc(-c4nc(C(F)(F)F)cn4C(C)C)cc3)n1)COC2. The average molecular weight is 608 g/mol. The maximum Gasteiger partial charge on any atom is 0.434 e. The number of nitrogens with zero attached hydrogens (tertiary/aromatic N) is 7. The number of benzene rings is 1. The molecule has 10 nitrogen and oxygen atoms in total. The number of halogens is 3. The van der Waals surface area contributed by atoms with E-state index in [2.05, 4.69) is 19.9 Å². The number of morpholine rings is 1. The van der Waals surface area contributed by atoms with Gasteiger partial charge < -0.3 is 23.7 Å². The van der Waals surface area contributed by atoms with Crippen LogP contribution in [0.25, 0.3) is 22.8 Å². The molecule has 13 heteroatoms. The van der Waals surface area contributed by atoms with Crippen molar-refractivity contribution < 1.29 is 27.4 Å². The molecule has 3 aromatic heterocycles. The fourth-order valence-electron chi connectivity index (χ4n) is 5.92. The number of imidazole rings is 1. The van der Waals surface area contributed by atoms with Crippen molar-refractivity contribution in [2.24, 2.45) is 0 Å². The fourth-order valence-corrected chi connectivity index (χ4v) is 5.92. The van der Waals surface area contributed by atoms with Crippen molar-refractivity contribution in [3.05, 3.63) is 65.0 Å². The highest BCUT2D eigenvalue weighted by molar-refractivity contribution is 5.69. The molecule has 5 heterocycles. The zero-order chi connectivity index (χ0) is 30.6. The molecule has 1 saturated carbocycles. The first-order chi connectivity index (χ1) is 21.2. The second-order valence-corrected chi connectivity index (χ2v) is 11.6. The predicted molar refractivity (Wildman–Crippen MR) is 154 cm³/mol. The minimum Gasteiger partial charge on any atom is -0.480 e. The van der Waals surface area contributed by atoms with Gasteiger partial charge in [-0.15, -0.1) is 0 Å². The van der Waals surface area contributed by atoms with Gasteiger partial charge in [0, 0.05) is 35.8 Å². The van der Waals surface area contributed by atoms with Gasteiger partial charge in [-0.2, -0.15) is 13.2 Å². The molecule has 0 bridgehead atoms. The molecule has 0 N–H and O–H groups in total. The van der Waals surface area contributed by atoms with Gasteiger partial charge in [0.05, 0.1) is 51.0 Å². The molecule has 7 rings (SSSR count). The lowest BCUT2D eigenvalue weighted by Crippen LogP contribution is -2.40. The van der Waals surface area contributed by atoms with E-state index in [1.165, 1.54) is 6.33 Å².